The average molecular weight is 465 g/mol. The first kappa shape index (κ1) is 23.1. The van der Waals surface area contributed by atoms with Crippen molar-refractivity contribution in [1.29, 1.82) is 0 Å². The summed E-state index contributed by atoms with van der Waals surface area (Å²) in [5.41, 5.74) is 0.816. The number of nitrogens with one attached hydrogen (secondary N) is 1. The number of nitrogens with zero attached hydrogens (tertiary/aromatic N) is 1. The Morgan fingerprint density at radius 3 is 2.32 bits per heavy atom. The van der Waals surface area contributed by atoms with E-state index in [0.29, 0.717) is 42.5 Å². The number of likely N-dealkylation sites (tertiary alicyclic amines) is 1. The van der Waals surface area contributed by atoms with E-state index in [9.17, 15) is 13.2 Å². The zero-order chi connectivity index (χ0) is 22.4. The summed E-state index contributed by atoms with van der Waals surface area (Å²) in [6.07, 6.45) is 4.32. The van der Waals surface area contributed by atoms with Gasteiger partial charge in [0.05, 0.1) is 19.1 Å². The molecule has 1 aliphatic rings. The van der Waals surface area contributed by atoms with Crippen molar-refractivity contribution in [3.63, 3.8) is 0 Å². The SMILES string of the molecule is COc1ccc(/C=C/C(=O)N2CCC(NS(=O)(=O)c3ccc(Cl)cc3)CC2)cc1OC. The molecule has 1 saturated heterocycles. The quantitative estimate of drug-likeness (QED) is 0.635. The lowest BCUT2D eigenvalue weighted by molar-refractivity contribution is -0.126. The second-order valence-electron chi connectivity index (χ2n) is 7.12. The third kappa shape index (κ3) is 6.00. The number of halogens is 1. The molecule has 0 bridgehead atoms. The van der Waals surface area contributed by atoms with E-state index in [1.807, 2.05) is 6.07 Å². The van der Waals surface area contributed by atoms with Gasteiger partial charge in [0.1, 0.15) is 0 Å². The van der Waals surface area contributed by atoms with Gasteiger partial charge in [-0.25, -0.2) is 13.1 Å². The van der Waals surface area contributed by atoms with Crippen LogP contribution in [0.15, 0.2) is 53.4 Å². The molecule has 7 nitrogen and oxygen atoms in total. The Kier molecular flexibility index (Phi) is 7.59. The van der Waals surface area contributed by atoms with E-state index < -0.39 is 10.0 Å². The molecule has 0 spiro atoms. The van der Waals surface area contributed by atoms with Crippen molar-refractivity contribution in [3.8, 4) is 11.5 Å². The number of hydrogen-bond acceptors (Lipinski definition) is 5. The number of carbonyl (C=O) groups excluding carboxylic acids is 1. The van der Waals surface area contributed by atoms with Crippen LogP contribution in [0.1, 0.15) is 18.4 Å². The first-order chi connectivity index (χ1) is 14.8. The summed E-state index contributed by atoms with van der Waals surface area (Å²) in [4.78, 5) is 14.4. The molecule has 1 fully saturated rings. The highest BCUT2D eigenvalue weighted by Gasteiger charge is 2.26. The van der Waals surface area contributed by atoms with E-state index in [2.05, 4.69) is 4.72 Å². The van der Waals surface area contributed by atoms with Gasteiger partial charge in [-0.2, -0.15) is 0 Å². The second kappa shape index (κ2) is 10.2. The smallest absolute Gasteiger partial charge is 0.246 e. The van der Waals surface area contributed by atoms with Gasteiger partial charge in [0.15, 0.2) is 11.5 Å². The molecule has 166 valence electrons. The van der Waals surface area contributed by atoms with Crippen molar-refractivity contribution in [3.05, 3.63) is 59.1 Å². The lowest BCUT2D eigenvalue weighted by Gasteiger charge is -2.31. The van der Waals surface area contributed by atoms with Gasteiger partial charge >= 0.3 is 0 Å². The fraction of sp³-hybridized carbons (Fsp3) is 0.318. The standard InChI is InChI=1S/C22H25ClN2O5S/c1-29-20-9-3-16(15-21(20)30-2)4-10-22(26)25-13-11-18(12-14-25)24-31(27,28)19-7-5-17(23)6-8-19/h3-10,15,18,24H,11-14H2,1-2H3/b10-4+. The van der Waals surface area contributed by atoms with Gasteiger partial charge in [0.25, 0.3) is 0 Å². The van der Waals surface area contributed by atoms with E-state index in [1.54, 1.807) is 49.5 Å². The molecular weight excluding hydrogens is 440 g/mol. The Bertz CT molecular complexity index is 1050. The highest BCUT2D eigenvalue weighted by Crippen LogP contribution is 2.28. The third-order valence-corrected chi connectivity index (χ3v) is 6.87. The zero-order valence-corrected chi connectivity index (χ0v) is 18.9. The fourth-order valence-corrected chi connectivity index (χ4v) is 4.78. The third-order valence-electron chi connectivity index (χ3n) is 5.08. The monoisotopic (exact) mass is 464 g/mol. The van der Waals surface area contributed by atoms with Gasteiger partial charge in [0, 0.05) is 30.2 Å². The maximum absolute atomic E-state index is 12.5. The minimum atomic E-state index is -3.62. The predicted octanol–water partition coefficient (Wildman–Crippen LogP) is 3.34. The summed E-state index contributed by atoms with van der Waals surface area (Å²) in [6, 6.07) is 11.2. The Hall–Kier alpha value is -2.55. The van der Waals surface area contributed by atoms with Crippen molar-refractivity contribution in [2.24, 2.45) is 0 Å². The minimum Gasteiger partial charge on any atom is -0.493 e. The van der Waals surface area contributed by atoms with Crippen LogP contribution in [0.3, 0.4) is 0 Å². The Balaban J connectivity index is 1.55. The van der Waals surface area contributed by atoms with Crippen molar-refractivity contribution in [2.75, 3.05) is 27.3 Å². The molecule has 0 aromatic heterocycles. The minimum absolute atomic E-state index is 0.117. The summed E-state index contributed by atoms with van der Waals surface area (Å²) in [6.45, 7) is 0.950. The molecule has 0 unspecified atom stereocenters. The molecule has 1 amide bonds. The first-order valence-electron chi connectivity index (χ1n) is 9.79. The van der Waals surface area contributed by atoms with Crippen molar-refractivity contribution in [1.82, 2.24) is 9.62 Å². The average Bonchev–Trinajstić information content (AvgIpc) is 2.77. The molecular formula is C22H25ClN2O5S. The van der Waals surface area contributed by atoms with Crippen molar-refractivity contribution in [2.45, 2.75) is 23.8 Å². The van der Waals surface area contributed by atoms with Gasteiger partial charge in [-0.3, -0.25) is 4.79 Å². The molecule has 2 aromatic carbocycles. The fourth-order valence-electron chi connectivity index (χ4n) is 3.35. The van der Waals surface area contributed by atoms with Gasteiger partial charge in [0.2, 0.25) is 15.9 Å². The van der Waals surface area contributed by atoms with E-state index in [0.717, 1.165) is 5.56 Å². The first-order valence-corrected chi connectivity index (χ1v) is 11.7. The van der Waals surface area contributed by atoms with Gasteiger partial charge in [-0.15, -0.1) is 0 Å². The number of rotatable bonds is 7. The van der Waals surface area contributed by atoms with Crippen LogP contribution in [0.5, 0.6) is 11.5 Å². The Morgan fingerprint density at radius 2 is 1.71 bits per heavy atom. The summed E-state index contributed by atoms with van der Waals surface area (Å²) < 4.78 is 38.2. The number of hydrogen-bond donors (Lipinski definition) is 1. The highest BCUT2D eigenvalue weighted by atomic mass is 35.5. The number of benzene rings is 2. The lowest BCUT2D eigenvalue weighted by atomic mass is 10.1. The molecule has 1 heterocycles. The molecule has 2 aromatic rings. The number of methoxy groups -OCH3 is 2. The molecule has 31 heavy (non-hydrogen) atoms. The van der Waals surface area contributed by atoms with E-state index in [1.165, 1.54) is 18.2 Å². The van der Waals surface area contributed by atoms with E-state index >= 15 is 0 Å². The molecule has 0 aliphatic carbocycles. The highest BCUT2D eigenvalue weighted by molar-refractivity contribution is 7.89. The van der Waals surface area contributed by atoms with Crippen molar-refractivity contribution < 1.29 is 22.7 Å². The van der Waals surface area contributed by atoms with Crippen LogP contribution in [-0.4, -0.2) is 52.6 Å². The normalized spacial score (nSPS) is 15.3. The predicted molar refractivity (Wildman–Crippen MR) is 120 cm³/mol. The molecule has 0 radical (unpaired) electrons. The zero-order valence-electron chi connectivity index (χ0n) is 17.4. The van der Waals surface area contributed by atoms with Crippen LogP contribution in [0.25, 0.3) is 6.08 Å². The van der Waals surface area contributed by atoms with Crippen LogP contribution in [0, 0.1) is 0 Å². The van der Waals surface area contributed by atoms with Crippen LogP contribution < -0.4 is 14.2 Å². The van der Waals surface area contributed by atoms with Gasteiger partial charge < -0.3 is 14.4 Å². The summed E-state index contributed by atoms with van der Waals surface area (Å²) in [7, 11) is -0.498. The number of piperidine rings is 1. The topological polar surface area (TPSA) is 84.9 Å². The van der Waals surface area contributed by atoms with Crippen molar-refractivity contribution >= 4 is 33.6 Å². The number of carbonyl (C=O) groups is 1. The molecule has 1 N–H and O–H groups in total. The van der Waals surface area contributed by atoms with Gasteiger partial charge in [-0.1, -0.05) is 17.7 Å². The Labute approximate surface area is 187 Å². The molecule has 3 rings (SSSR count). The number of amides is 1. The van der Waals surface area contributed by atoms with Crippen LogP contribution >= 0.6 is 11.6 Å². The van der Waals surface area contributed by atoms with Crippen LogP contribution in [0.2, 0.25) is 5.02 Å². The molecule has 0 saturated carbocycles. The van der Waals surface area contributed by atoms with Gasteiger partial charge in [-0.05, 0) is 60.9 Å². The summed E-state index contributed by atoms with van der Waals surface area (Å²) >= 11 is 5.82. The van der Waals surface area contributed by atoms with E-state index in [-0.39, 0.29) is 16.8 Å². The number of ether oxygens (including phenoxy) is 2. The number of sulfonamides is 1. The second-order valence-corrected chi connectivity index (χ2v) is 9.27. The maximum Gasteiger partial charge on any atom is 0.246 e. The van der Waals surface area contributed by atoms with Crippen LogP contribution in [-0.2, 0) is 14.8 Å². The largest absolute Gasteiger partial charge is 0.493 e. The molecule has 1 aliphatic heterocycles. The molecule has 9 heteroatoms. The van der Waals surface area contributed by atoms with E-state index in [4.69, 9.17) is 21.1 Å². The Morgan fingerprint density at radius 1 is 1.06 bits per heavy atom. The maximum atomic E-state index is 12.5. The van der Waals surface area contributed by atoms with Crippen LogP contribution in [0.4, 0.5) is 0 Å². The summed E-state index contributed by atoms with van der Waals surface area (Å²) in [5.74, 6) is 1.09. The lowest BCUT2D eigenvalue weighted by Crippen LogP contribution is -2.46. The summed E-state index contributed by atoms with van der Waals surface area (Å²) in [5, 5.41) is 0.479. The molecule has 0 atom stereocenters.